The lowest BCUT2D eigenvalue weighted by Crippen LogP contribution is -2.41. The number of carbonyl (C=O) groups excluding carboxylic acids is 3. The number of hydroxylamine groups is 2. The number of carbonyl (C=O) groups is 3. The highest BCUT2D eigenvalue weighted by Gasteiger charge is 2.50. The summed E-state index contributed by atoms with van der Waals surface area (Å²) in [5, 5.41) is 1.29. The Hall–Kier alpha value is -3.39. The molecule has 0 saturated carbocycles. The second-order valence-electron chi connectivity index (χ2n) is 6.61. The quantitative estimate of drug-likeness (QED) is 0.736. The summed E-state index contributed by atoms with van der Waals surface area (Å²) < 4.78 is 5.37. The van der Waals surface area contributed by atoms with Crippen LogP contribution in [0, 0.1) is 0 Å². The molecule has 1 fully saturated rings. The van der Waals surface area contributed by atoms with Crippen LogP contribution < -0.4 is 10.5 Å². The maximum absolute atomic E-state index is 12.9. The van der Waals surface area contributed by atoms with Crippen LogP contribution in [0.2, 0.25) is 0 Å². The van der Waals surface area contributed by atoms with Gasteiger partial charge in [0.15, 0.2) is 6.29 Å². The number of fused-ring (bicyclic) bond motifs is 4. The number of ether oxygens (including phenoxy) is 1. The van der Waals surface area contributed by atoms with E-state index in [9.17, 15) is 14.4 Å². The number of amides is 3. The van der Waals surface area contributed by atoms with Gasteiger partial charge in [-0.05, 0) is 28.8 Å². The minimum atomic E-state index is -0.871. The number of urea groups is 1. The van der Waals surface area contributed by atoms with E-state index in [4.69, 9.17) is 15.3 Å². The molecule has 2 aliphatic rings. The van der Waals surface area contributed by atoms with Gasteiger partial charge in [0.25, 0.3) is 0 Å². The van der Waals surface area contributed by atoms with Crippen molar-refractivity contribution in [3.8, 4) is 5.75 Å². The Balaban J connectivity index is 1.66. The first-order valence-electron chi connectivity index (χ1n) is 8.86. The first-order valence-corrected chi connectivity index (χ1v) is 8.86. The number of nitrogens with zero attached hydrogens (tertiary/aromatic N) is 2. The molecule has 1 saturated heterocycles. The zero-order valence-electron chi connectivity index (χ0n) is 15.0. The molecule has 8 heteroatoms. The Morgan fingerprint density at radius 3 is 2.68 bits per heavy atom. The molecule has 0 unspecified atom stereocenters. The largest absolute Gasteiger partial charge is 0.486 e. The first kappa shape index (κ1) is 18.0. The molecule has 3 amide bonds. The molecule has 0 aliphatic carbocycles. The van der Waals surface area contributed by atoms with E-state index in [1.165, 1.54) is 9.96 Å². The lowest BCUT2D eigenvalue weighted by Gasteiger charge is -2.31. The van der Waals surface area contributed by atoms with E-state index in [1.54, 1.807) is 18.2 Å². The molecule has 2 aromatic carbocycles. The summed E-state index contributed by atoms with van der Waals surface area (Å²) in [4.78, 5) is 42.8. The highest BCUT2D eigenvalue weighted by Crippen LogP contribution is 2.45. The molecule has 4 rings (SSSR count). The minimum Gasteiger partial charge on any atom is -0.486 e. The molecule has 0 spiro atoms. The number of primary amides is 1. The van der Waals surface area contributed by atoms with Crippen molar-refractivity contribution in [2.24, 2.45) is 5.73 Å². The maximum Gasteiger partial charge on any atom is 0.345 e. The van der Waals surface area contributed by atoms with Crippen LogP contribution in [0.1, 0.15) is 28.8 Å². The second kappa shape index (κ2) is 7.32. The van der Waals surface area contributed by atoms with E-state index in [0.29, 0.717) is 17.6 Å². The molecule has 2 aliphatic heterocycles. The summed E-state index contributed by atoms with van der Waals surface area (Å²) in [7, 11) is 0. The Morgan fingerprint density at radius 2 is 1.96 bits per heavy atom. The van der Waals surface area contributed by atoms with Gasteiger partial charge in [-0.2, -0.15) is 5.06 Å². The fourth-order valence-corrected chi connectivity index (χ4v) is 3.69. The number of hydrogen-bond acceptors (Lipinski definition) is 5. The van der Waals surface area contributed by atoms with Crippen LogP contribution in [0.15, 0.2) is 48.5 Å². The topological polar surface area (TPSA) is 102 Å². The van der Waals surface area contributed by atoms with Gasteiger partial charge in [-0.15, -0.1) is 0 Å². The highest BCUT2D eigenvalue weighted by molar-refractivity contribution is 5.90. The molecule has 28 heavy (non-hydrogen) atoms. The number of nitrogens with two attached hydrogens (primary N) is 1. The van der Waals surface area contributed by atoms with Gasteiger partial charge in [-0.25, -0.2) is 4.79 Å². The number of benzene rings is 2. The van der Waals surface area contributed by atoms with Gasteiger partial charge in [0.2, 0.25) is 5.91 Å². The summed E-state index contributed by atoms with van der Waals surface area (Å²) in [6.45, 7) is 0.419. The molecule has 2 aromatic rings. The normalized spacial score (nSPS) is 20.1. The lowest BCUT2D eigenvalue weighted by atomic mass is 9.90. The molecular formula is C20H19N3O5. The predicted molar refractivity (Wildman–Crippen MR) is 97.8 cm³/mol. The fourth-order valence-electron chi connectivity index (χ4n) is 3.69. The van der Waals surface area contributed by atoms with Gasteiger partial charge in [0, 0.05) is 0 Å². The van der Waals surface area contributed by atoms with Crippen molar-refractivity contribution >= 4 is 18.2 Å². The molecular weight excluding hydrogens is 362 g/mol. The van der Waals surface area contributed by atoms with Crippen LogP contribution in [0.5, 0.6) is 5.75 Å². The Kier molecular flexibility index (Phi) is 4.70. The highest BCUT2D eigenvalue weighted by atomic mass is 16.7. The van der Waals surface area contributed by atoms with Crippen molar-refractivity contribution in [3.63, 3.8) is 0 Å². The SMILES string of the molecule is NC(=O)[C@H]1c2ccc(OCC=O)cc2[C@H]2CN1C(=O)N2OCc1ccccc1. The third-order valence-electron chi connectivity index (χ3n) is 4.91. The summed E-state index contributed by atoms with van der Waals surface area (Å²) in [5.41, 5.74) is 7.87. The van der Waals surface area contributed by atoms with Crippen molar-refractivity contribution < 1.29 is 24.0 Å². The van der Waals surface area contributed by atoms with Crippen molar-refractivity contribution in [2.45, 2.75) is 18.7 Å². The monoisotopic (exact) mass is 381 g/mol. The first-order chi connectivity index (χ1) is 13.6. The average Bonchev–Trinajstić information content (AvgIpc) is 2.98. The molecule has 2 atom stereocenters. The smallest absolute Gasteiger partial charge is 0.345 e. The second-order valence-corrected chi connectivity index (χ2v) is 6.61. The van der Waals surface area contributed by atoms with Crippen LogP contribution in [0.3, 0.4) is 0 Å². The zero-order valence-corrected chi connectivity index (χ0v) is 15.0. The van der Waals surface area contributed by atoms with E-state index < -0.39 is 24.0 Å². The van der Waals surface area contributed by atoms with Gasteiger partial charge in [0.1, 0.15) is 31.0 Å². The maximum atomic E-state index is 12.9. The Labute approximate surface area is 161 Å². The van der Waals surface area contributed by atoms with E-state index >= 15 is 0 Å². The van der Waals surface area contributed by atoms with Gasteiger partial charge in [-0.1, -0.05) is 36.4 Å². The van der Waals surface area contributed by atoms with Crippen molar-refractivity contribution in [3.05, 3.63) is 65.2 Å². The van der Waals surface area contributed by atoms with Crippen LogP contribution in [0.25, 0.3) is 0 Å². The Morgan fingerprint density at radius 1 is 1.18 bits per heavy atom. The fraction of sp³-hybridized carbons (Fsp3) is 0.250. The van der Waals surface area contributed by atoms with Gasteiger partial charge >= 0.3 is 6.03 Å². The summed E-state index contributed by atoms with van der Waals surface area (Å²) >= 11 is 0. The Bertz CT molecular complexity index is 917. The molecule has 2 heterocycles. The number of aldehydes is 1. The van der Waals surface area contributed by atoms with Gasteiger partial charge in [0.05, 0.1) is 6.54 Å². The zero-order chi connectivity index (χ0) is 19.7. The summed E-state index contributed by atoms with van der Waals surface area (Å²) in [6.07, 6.45) is 0.655. The van der Waals surface area contributed by atoms with Crippen LogP contribution in [-0.2, 0) is 21.0 Å². The predicted octanol–water partition coefficient (Wildman–Crippen LogP) is 1.71. The number of hydrogen-bond donors (Lipinski definition) is 1. The minimum absolute atomic E-state index is 0.0814. The molecule has 2 bridgehead atoms. The lowest BCUT2D eigenvalue weighted by molar-refractivity contribution is -0.141. The van der Waals surface area contributed by atoms with Gasteiger partial charge in [-0.3, -0.25) is 14.4 Å². The molecule has 2 N–H and O–H groups in total. The summed E-state index contributed by atoms with van der Waals surface area (Å²) in [6, 6.07) is 12.9. The van der Waals surface area contributed by atoms with Crippen LogP contribution in [0.4, 0.5) is 4.79 Å². The molecule has 144 valence electrons. The van der Waals surface area contributed by atoms with E-state index in [2.05, 4.69) is 0 Å². The van der Waals surface area contributed by atoms with Gasteiger partial charge < -0.3 is 15.4 Å². The number of rotatable bonds is 7. The van der Waals surface area contributed by atoms with Crippen molar-refractivity contribution in [1.82, 2.24) is 9.96 Å². The average molecular weight is 381 g/mol. The molecule has 0 aromatic heterocycles. The molecule has 0 radical (unpaired) electrons. The third kappa shape index (κ3) is 3.07. The van der Waals surface area contributed by atoms with Crippen LogP contribution in [-0.4, -0.2) is 41.3 Å². The van der Waals surface area contributed by atoms with Crippen molar-refractivity contribution in [1.29, 1.82) is 0 Å². The van der Waals surface area contributed by atoms with E-state index in [-0.39, 0.29) is 19.8 Å². The third-order valence-corrected chi connectivity index (χ3v) is 4.91. The summed E-state index contributed by atoms with van der Waals surface area (Å²) in [5.74, 6) is -0.135. The van der Waals surface area contributed by atoms with Crippen molar-refractivity contribution in [2.75, 3.05) is 13.2 Å². The molecule has 8 nitrogen and oxygen atoms in total. The van der Waals surface area contributed by atoms with E-state index in [1.807, 2.05) is 30.3 Å². The standard InChI is InChI=1S/C20H19N3O5/c21-19(25)18-15-7-6-14(27-9-8-24)10-16(15)17-11-22(18)20(26)23(17)28-12-13-4-2-1-3-5-13/h1-8,10,17-18H,9,11-12H2,(H2,21,25)/t17-,18-/m1/s1. The van der Waals surface area contributed by atoms with Crippen LogP contribution >= 0.6 is 0 Å². The van der Waals surface area contributed by atoms with E-state index in [0.717, 1.165) is 11.1 Å².